The monoisotopic (exact) mass is 316 g/mol. The second-order valence-electron chi connectivity index (χ2n) is 5.37. The molecule has 2 heterocycles. The van der Waals surface area contributed by atoms with Crippen molar-refractivity contribution < 1.29 is 14.4 Å². The summed E-state index contributed by atoms with van der Waals surface area (Å²) in [4.78, 5) is 40.8. The van der Waals surface area contributed by atoms with E-state index in [2.05, 4.69) is 22.2 Å². The normalized spacial score (nSPS) is 14.9. The molecule has 0 unspecified atom stereocenters. The molecule has 0 atom stereocenters. The number of hydrogen-bond donors (Lipinski definition) is 2. The van der Waals surface area contributed by atoms with E-state index in [0.717, 1.165) is 0 Å². The Labute approximate surface area is 134 Å². The number of pyridine rings is 1. The molecular weight excluding hydrogens is 296 g/mol. The highest BCUT2D eigenvalue weighted by Crippen LogP contribution is 2.22. The largest absolute Gasteiger partial charge is 0.339 e. The van der Waals surface area contributed by atoms with Crippen LogP contribution < -0.4 is 10.6 Å². The Kier molecular flexibility index (Phi) is 5.46. The van der Waals surface area contributed by atoms with Crippen LogP contribution in [0.2, 0.25) is 0 Å². The lowest BCUT2D eigenvalue weighted by atomic mass is 9.95. The number of piperidine rings is 1. The van der Waals surface area contributed by atoms with E-state index in [4.69, 9.17) is 0 Å². The molecule has 1 aliphatic heterocycles. The minimum Gasteiger partial charge on any atom is -0.339 e. The zero-order valence-corrected chi connectivity index (χ0v) is 13.0. The fourth-order valence-corrected chi connectivity index (χ4v) is 2.50. The van der Waals surface area contributed by atoms with Crippen LogP contribution in [0.1, 0.15) is 19.8 Å². The van der Waals surface area contributed by atoms with Gasteiger partial charge >= 0.3 is 0 Å². The van der Waals surface area contributed by atoms with Crippen molar-refractivity contribution in [2.24, 2.45) is 5.92 Å². The maximum absolute atomic E-state index is 12.4. The van der Waals surface area contributed by atoms with E-state index in [1.54, 1.807) is 23.2 Å². The summed E-state index contributed by atoms with van der Waals surface area (Å²) in [7, 11) is 0. The van der Waals surface area contributed by atoms with Gasteiger partial charge in [0.05, 0.1) is 5.69 Å². The SMILES string of the molecule is C=CC(=O)N1CCC(C(=O)Nc2cccnc2NC(C)=O)CC1. The molecule has 1 aromatic heterocycles. The van der Waals surface area contributed by atoms with E-state index in [1.807, 2.05) is 0 Å². The number of nitrogens with one attached hydrogen (secondary N) is 2. The van der Waals surface area contributed by atoms with Crippen molar-refractivity contribution in [2.75, 3.05) is 23.7 Å². The molecule has 0 radical (unpaired) electrons. The van der Waals surface area contributed by atoms with Crippen LogP contribution >= 0.6 is 0 Å². The molecule has 1 aromatic rings. The lowest BCUT2D eigenvalue weighted by Gasteiger charge is -2.30. The predicted octanol–water partition coefficient (Wildman–Crippen LogP) is 1.40. The lowest BCUT2D eigenvalue weighted by molar-refractivity contribution is -0.130. The van der Waals surface area contributed by atoms with Crippen molar-refractivity contribution >= 4 is 29.2 Å². The molecule has 23 heavy (non-hydrogen) atoms. The van der Waals surface area contributed by atoms with Gasteiger partial charge in [0.25, 0.3) is 0 Å². The van der Waals surface area contributed by atoms with E-state index in [0.29, 0.717) is 37.4 Å². The first-order valence-corrected chi connectivity index (χ1v) is 7.46. The first-order chi connectivity index (χ1) is 11.0. The average molecular weight is 316 g/mol. The second kappa shape index (κ2) is 7.53. The van der Waals surface area contributed by atoms with Crippen LogP contribution in [0.25, 0.3) is 0 Å². The van der Waals surface area contributed by atoms with Gasteiger partial charge in [-0.15, -0.1) is 0 Å². The number of hydrogen-bond acceptors (Lipinski definition) is 4. The summed E-state index contributed by atoms with van der Waals surface area (Å²) in [6.07, 6.45) is 4.03. The fourth-order valence-electron chi connectivity index (χ4n) is 2.50. The van der Waals surface area contributed by atoms with Crippen LogP contribution in [0.5, 0.6) is 0 Å². The van der Waals surface area contributed by atoms with Crippen molar-refractivity contribution in [3.63, 3.8) is 0 Å². The molecule has 7 nitrogen and oxygen atoms in total. The molecule has 0 aliphatic carbocycles. The molecule has 0 saturated carbocycles. The number of amides is 3. The second-order valence-corrected chi connectivity index (χ2v) is 5.37. The number of likely N-dealkylation sites (tertiary alicyclic amines) is 1. The van der Waals surface area contributed by atoms with Gasteiger partial charge in [-0.1, -0.05) is 6.58 Å². The van der Waals surface area contributed by atoms with Crippen LogP contribution in [0.3, 0.4) is 0 Å². The summed E-state index contributed by atoms with van der Waals surface area (Å²) in [6, 6.07) is 3.37. The van der Waals surface area contributed by atoms with Gasteiger partial charge in [0.2, 0.25) is 17.7 Å². The average Bonchev–Trinajstić information content (AvgIpc) is 2.55. The zero-order chi connectivity index (χ0) is 16.8. The highest BCUT2D eigenvalue weighted by Gasteiger charge is 2.26. The van der Waals surface area contributed by atoms with E-state index in [-0.39, 0.29) is 23.6 Å². The Hall–Kier alpha value is -2.70. The predicted molar refractivity (Wildman–Crippen MR) is 86.7 cm³/mol. The molecule has 1 aliphatic rings. The van der Waals surface area contributed by atoms with Gasteiger partial charge in [0, 0.05) is 32.1 Å². The molecule has 1 saturated heterocycles. The summed E-state index contributed by atoms with van der Waals surface area (Å²) in [5, 5.41) is 5.39. The minimum atomic E-state index is -0.254. The van der Waals surface area contributed by atoms with Crippen molar-refractivity contribution in [1.82, 2.24) is 9.88 Å². The molecular formula is C16H20N4O3. The molecule has 2 N–H and O–H groups in total. The van der Waals surface area contributed by atoms with Gasteiger partial charge in [-0.2, -0.15) is 0 Å². The standard InChI is InChI=1S/C16H20N4O3/c1-3-14(22)20-9-6-12(7-10-20)16(23)19-13-5-4-8-17-15(13)18-11(2)21/h3-5,8,12H,1,6-7,9-10H2,2H3,(H,19,23)(H,17,18,21). The van der Waals surface area contributed by atoms with Crippen LogP contribution in [0.4, 0.5) is 11.5 Å². The highest BCUT2D eigenvalue weighted by atomic mass is 16.2. The van der Waals surface area contributed by atoms with Gasteiger partial charge < -0.3 is 15.5 Å². The van der Waals surface area contributed by atoms with Gasteiger partial charge in [-0.3, -0.25) is 14.4 Å². The molecule has 1 fully saturated rings. The molecule has 2 rings (SSSR count). The topological polar surface area (TPSA) is 91.4 Å². The van der Waals surface area contributed by atoms with Crippen LogP contribution in [-0.2, 0) is 14.4 Å². The maximum atomic E-state index is 12.4. The summed E-state index contributed by atoms with van der Waals surface area (Å²) >= 11 is 0. The Bertz CT molecular complexity index is 622. The summed E-state index contributed by atoms with van der Waals surface area (Å²) < 4.78 is 0. The van der Waals surface area contributed by atoms with Crippen LogP contribution in [0, 0.1) is 5.92 Å². The molecule has 7 heteroatoms. The fraction of sp³-hybridized carbons (Fsp3) is 0.375. The van der Waals surface area contributed by atoms with Gasteiger partial charge in [-0.05, 0) is 31.1 Å². The number of carbonyl (C=O) groups is 3. The zero-order valence-electron chi connectivity index (χ0n) is 13.0. The number of anilines is 2. The van der Waals surface area contributed by atoms with Crippen LogP contribution in [-0.4, -0.2) is 40.7 Å². The smallest absolute Gasteiger partial charge is 0.245 e. The molecule has 3 amide bonds. The highest BCUT2D eigenvalue weighted by molar-refractivity contribution is 5.98. The lowest BCUT2D eigenvalue weighted by Crippen LogP contribution is -2.40. The van der Waals surface area contributed by atoms with Crippen molar-refractivity contribution in [2.45, 2.75) is 19.8 Å². The third-order valence-electron chi connectivity index (χ3n) is 3.71. The Morgan fingerprint density at radius 3 is 2.61 bits per heavy atom. The van der Waals surface area contributed by atoms with E-state index < -0.39 is 0 Å². The van der Waals surface area contributed by atoms with Crippen molar-refractivity contribution in [3.05, 3.63) is 31.0 Å². The molecule has 122 valence electrons. The third-order valence-corrected chi connectivity index (χ3v) is 3.71. The maximum Gasteiger partial charge on any atom is 0.245 e. The molecule has 0 spiro atoms. The first kappa shape index (κ1) is 16.7. The van der Waals surface area contributed by atoms with Gasteiger partial charge in [-0.25, -0.2) is 4.98 Å². The van der Waals surface area contributed by atoms with Gasteiger partial charge in [0.15, 0.2) is 5.82 Å². The molecule has 0 aromatic carbocycles. The summed E-state index contributed by atoms with van der Waals surface area (Å²) in [6.45, 7) is 5.92. The van der Waals surface area contributed by atoms with E-state index in [9.17, 15) is 14.4 Å². The number of carbonyl (C=O) groups excluding carboxylic acids is 3. The van der Waals surface area contributed by atoms with Crippen molar-refractivity contribution in [3.8, 4) is 0 Å². The third kappa shape index (κ3) is 4.38. The molecule has 0 bridgehead atoms. The minimum absolute atomic E-state index is 0.107. The summed E-state index contributed by atoms with van der Waals surface area (Å²) in [5.74, 6) is -0.336. The number of nitrogens with zero attached hydrogens (tertiary/aromatic N) is 2. The Morgan fingerprint density at radius 2 is 2.00 bits per heavy atom. The van der Waals surface area contributed by atoms with Gasteiger partial charge in [0.1, 0.15) is 0 Å². The Balaban J connectivity index is 1.97. The van der Waals surface area contributed by atoms with Crippen LogP contribution in [0.15, 0.2) is 31.0 Å². The quantitative estimate of drug-likeness (QED) is 0.822. The Morgan fingerprint density at radius 1 is 1.30 bits per heavy atom. The first-order valence-electron chi connectivity index (χ1n) is 7.46. The van der Waals surface area contributed by atoms with Crippen molar-refractivity contribution in [1.29, 1.82) is 0 Å². The number of rotatable bonds is 4. The van der Waals surface area contributed by atoms with E-state index >= 15 is 0 Å². The van der Waals surface area contributed by atoms with E-state index in [1.165, 1.54) is 13.0 Å². The number of aromatic nitrogens is 1. The summed E-state index contributed by atoms with van der Waals surface area (Å²) in [5.41, 5.74) is 0.470.